The van der Waals surface area contributed by atoms with Gasteiger partial charge in [-0.1, -0.05) is 0 Å². The molecule has 0 aliphatic heterocycles. The first-order valence-corrected chi connectivity index (χ1v) is 6.04. The van der Waals surface area contributed by atoms with Gasteiger partial charge in [0.1, 0.15) is 0 Å². The molecule has 0 aromatic carbocycles. The molecule has 13 heavy (non-hydrogen) atoms. The first-order chi connectivity index (χ1) is 6.08. The second kappa shape index (κ2) is 4.61. The van der Waals surface area contributed by atoms with Crippen molar-refractivity contribution in [2.75, 3.05) is 6.16 Å². The quantitative estimate of drug-likeness (QED) is 0.501. The van der Waals surface area contributed by atoms with Crippen molar-refractivity contribution in [2.45, 2.75) is 19.3 Å². The number of unbranched alkanes of at least 4 members (excludes halogenated alkanes) is 1. The van der Waals surface area contributed by atoms with E-state index in [-0.39, 0.29) is 6.16 Å². The predicted molar refractivity (Wildman–Crippen MR) is 50.6 cm³/mol. The normalized spacial score (nSPS) is 11.8. The minimum Gasteiger partial charge on any atom is -0.365 e. The Morgan fingerprint density at radius 2 is 2.15 bits per heavy atom. The number of nitrogens with one attached hydrogen (secondary N) is 1. The second-order valence-corrected chi connectivity index (χ2v) is 4.82. The lowest BCUT2D eigenvalue weighted by molar-refractivity contribution is 0.371. The average Bonchev–Trinajstić information content (AvgIpc) is 2.48. The van der Waals surface area contributed by atoms with Gasteiger partial charge in [-0.25, -0.2) is 0 Å². The predicted octanol–water partition coefficient (Wildman–Crippen LogP) is 1.52. The summed E-state index contributed by atoms with van der Waals surface area (Å²) in [6, 6.07) is 3.88. The molecule has 0 bridgehead atoms. The Hall–Kier alpha value is -0.570. The molecule has 5 heteroatoms. The van der Waals surface area contributed by atoms with Gasteiger partial charge in [0.25, 0.3) is 0 Å². The Kier molecular flexibility index (Phi) is 3.72. The van der Waals surface area contributed by atoms with Gasteiger partial charge in [-0.3, -0.25) is 4.57 Å². The maximum atomic E-state index is 10.5. The Morgan fingerprint density at radius 3 is 2.69 bits per heavy atom. The van der Waals surface area contributed by atoms with Crippen molar-refractivity contribution in [1.29, 1.82) is 0 Å². The highest BCUT2D eigenvalue weighted by Gasteiger charge is 2.11. The summed E-state index contributed by atoms with van der Waals surface area (Å²) in [7, 11) is -3.78. The van der Waals surface area contributed by atoms with E-state index in [1.165, 1.54) is 0 Å². The van der Waals surface area contributed by atoms with Crippen molar-refractivity contribution < 1.29 is 14.4 Å². The molecule has 0 unspecified atom stereocenters. The third-order valence-corrected chi connectivity index (χ3v) is 2.71. The van der Waals surface area contributed by atoms with E-state index in [0.717, 1.165) is 18.5 Å². The molecule has 0 fully saturated rings. The Labute approximate surface area is 77.2 Å². The molecule has 3 N–H and O–H groups in total. The molecule has 0 radical (unpaired) electrons. The minimum absolute atomic E-state index is 0.00624. The highest BCUT2D eigenvalue weighted by atomic mass is 31.2. The lowest BCUT2D eigenvalue weighted by atomic mass is 10.2. The average molecular weight is 203 g/mol. The zero-order valence-corrected chi connectivity index (χ0v) is 8.20. The fourth-order valence-corrected chi connectivity index (χ4v) is 1.79. The van der Waals surface area contributed by atoms with Crippen LogP contribution in [0.3, 0.4) is 0 Å². The van der Waals surface area contributed by atoms with Gasteiger partial charge in [-0.15, -0.1) is 0 Å². The van der Waals surface area contributed by atoms with E-state index in [1.54, 1.807) is 0 Å². The van der Waals surface area contributed by atoms with Crippen LogP contribution in [-0.2, 0) is 11.0 Å². The molecule has 0 aliphatic rings. The standard InChI is InChI=1S/C8H14NO3P/c10-13(11,12)7-2-1-4-8-5-3-6-9-8/h3,5-6,9H,1-2,4,7H2,(H2,10,11,12). The summed E-state index contributed by atoms with van der Waals surface area (Å²) in [6.45, 7) is 0. The van der Waals surface area contributed by atoms with E-state index >= 15 is 0 Å². The van der Waals surface area contributed by atoms with Crippen molar-refractivity contribution in [3.63, 3.8) is 0 Å². The van der Waals surface area contributed by atoms with E-state index in [0.29, 0.717) is 6.42 Å². The van der Waals surface area contributed by atoms with Crippen LogP contribution in [0.2, 0.25) is 0 Å². The van der Waals surface area contributed by atoms with Gasteiger partial charge >= 0.3 is 7.60 Å². The van der Waals surface area contributed by atoms with Crippen molar-refractivity contribution in [2.24, 2.45) is 0 Å². The smallest absolute Gasteiger partial charge is 0.325 e. The van der Waals surface area contributed by atoms with E-state index in [9.17, 15) is 4.57 Å². The van der Waals surface area contributed by atoms with E-state index in [1.807, 2.05) is 18.3 Å². The summed E-state index contributed by atoms with van der Waals surface area (Å²) < 4.78 is 10.5. The van der Waals surface area contributed by atoms with Crippen LogP contribution in [0.15, 0.2) is 18.3 Å². The van der Waals surface area contributed by atoms with Gasteiger partial charge in [0.05, 0.1) is 0 Å². The minimum atomic E-state index is -3.78. The summed E-state index contributed by atoms with van der Waals surface area (Å²) in [5.41, 5.74) is 1.12. The SMILES string of the molecule is O=P(O)(O)CCCCc1ccc[nH]1. The highest BCUT2D eigenvalue weighted by Crippen LogP contribution is 2.35. The molecule has 1 heterocycles. The maximum absolute atomic E-state index is 10.5. The van der Waals surface area contributed by atoms with Crippen LogP contribution < -0.4 is 0 Å². The van der Waals surface area contributed by atoms with Crippen molar-refractivity contribution in [3.8, 4) is 0 Å². The number of rotatable bonds is 5. The van der Waals surface area contributed by atoms with Gasteiger partial charge < -0.3 is 14.8 Å². The Balaban J connectivity index is 2.12. The zero-order chi connectivity index (χ0) is 9.73. The largest absolute Gasteiger partial charge is 0.365 e. The fraction of sp³-hybridized carbons (Fsp3) is 0.500. The van der Waals surface area contributed by atoms with E-state index in [2.05, 4.69) is 4.98 Å². The summed E-state index contributed by atoms with van der Waals surface area (Å²) in [4.78, 5) is 20.2. The van der Waals surface area contributed by atoms with Crippen LogP contribution in [0.1, 0.15) is 18.5 Å². The molecule has 0 saturated heterocycles. The second-order valence-electron chi connectivity index (χ2n) is 3.04. The first kappa shape index (κ1) is 10.5. The molecule has 0 saturated carbocycles. The molecule has 1 rings (SSSR count). The van der Waals surface area contributed by atoms with Gasteiger partial charge in [-0.2, -0.15) is 0 Å². The van der Waals surface area contributed by atoms with Crippen LogP contribution in [0.4, 0.5) is 0 Å². The highest BCUT2D eigenvalue weighted by molar-refractivity contribution is 7.51. The van der Waals surface area contributed by atoms with Gasteiger partial charge in [0, 0.05) is 18.1 Å². The summed E-state index contributed by atoms with van der Waals surface area (Å²) in [6.07, 6.45) is 4.08. The van der Waals surface area contributed by atoms with Crippen LogP contribution in [0, 0.1) is 0 Å². The van der Waals surface area contributed by atoms with E-state index < -0.39 is 7.60 Å². The van der Waals surface area contributed by atoms with Crippen LogP contribution >= 0.6 is 7.60 Å². The zero-order valence-electron chi connectivity index (χ0n) is 7.31. The molecule has 0 amide bonds. The molecule has 0 aliphatic carbocycles. The summed E-state index contributed by atoms with van der Waals surface area (Å²) in [5.74, 6) is 0. The fourth-order valence-electron chi connectivity index (χ4n) is 1.16. The third kappa shape index (κ3) is 4.88. The molecule has 0 atom stereocenters. The van der Waals surface area contributed by atoms with Crippen molar-refractivity contribution in [1.82, 2.24) is 4.98 Å². The third-order valence-electron chi connectivity index (χ3n) is 1.81. The Bertz CT molecular complexity index is 278. The maximum Gasteiger partial charge on any atom is 0.325 e. The molecule has 4 nitrogen and oxygen atoms in total. The van der Waals surface area contributed by atoms with Crippen molar-refractivity contribution in [3.05, 3.63) is 24.0 Å². The van der Waals surface area contributed by atoms with E-state index in [4.69, 9.17) is 9.79 Å². The van der Waals surface area contributed by atoms with Gasteiger partial charge in [0.15, 0.2) is 0 Å². The lowest BCUT2D eigenvalue weighted by Crippen LogP contribution is -1.91. The summed E-state index contributed by atoms with van der Waals surface area (Å²) >= 11 is 0. The number of hydrogen-bond acceptors (Lipinski definition) is 1. The molecule has 74 valence electrons. The van der Waals surface area contributed by atoms with Gasteiger partial charge in [0.2, 0.25) is 0 Å². The Morgan fingerprint density at radius 1 is 1.38 bits per heavy atom. The number of aromatic nitrogens is 1. The van der Waals surface area contributed by atoms with Crippen molar-refractivity contribution >= 4 is 7.60 Å². The lowest BCUT2D eigenvalue weighted by Gasteiger charge is -2.02. The number of H-pyrrole nitrogens is 1. The number of hydrogen-bond donors (Lipinski definition) is 3. The number of aryl methyl sites for hydroxylation is 1. The molecular formula is C8H14NO3P. The molecule has 0 spiro atoms. The van der Waals surface area contributed by atoms with Crippen LogP contribution in [0.5, 0.6) is 0 Å². The molecule has 1 aromatic rings. The summed E-state index contributed by atoms with van der Waals surface area (Å²) in [5, 5.41) is 0. The number of aromatic amines is 1. The monoisotopic (exact) mass is 203 g/mol. The van der Waals surface area contributed by atoms with Crippen LogP contribution in [-0.4, -0.2) is 20.9 Å². The van der Waals surface area contributed by atoms with Gasteiger partial charge in [-0.05, 0) is 31.4 Å². The first-order valence-electron chi connectivity index (χ1n) is 4.25. The molecule has 1 aromatic heterocycles. The van der Waals surface area contributed by atoms with Crippen LogP contribution in [0.25, 0.3) is 0 Å². The molecular weight excluding hydrogens is 189 g/mol. The topological polar surface area (TPSA) is 73.3 Å².